The number of rotatable bonds is 3. The molecule has 0 spiro atoms. The zero-order valence-electron chi connectivity index (χ0n) is 7.63. The molecule has 0 fully saturated rings. The molecule has 12 heavy (non-hydrogen) atoms. The van der Waals surface area contributed by atoms with Gasteiger partial charge in [0, 0.05) is 5.38 Å². The van der Waals surface area contributed by atoms with Gasteiger partial charge in [0.2, 0.25) is 0 Å². The quantitative estimate of drug-likeness (QED) is 0.624. The average molecular weight is 183 g/mol. The van der Waals surface area contributed by atoms with E-state index >= 15 is 0 Å². The summed E-state index contributed by atoms with van der Waals surface area (Å²) in [6.07, 6.45) is 1.11. The second-order valence-corrected chi connectivity index (χ2v) is 3.79. The molecule has 0 aliphatic rings. The topological polar surface area (TPSA) is 0 Å². The Kier molecular flexibility index (Phi) is 3.61. The molecule has 0 aliphatic carbocycles. The maximum atomic E-state index is 6.08. The number of alkyl halides is 1. The van der Waals surface area contributed by atoms with Crippen LogP contribution in [0.15, 0.2) is 30.3 Å². The second-order valence-electron chi connectivity index (χ2n) is 3.10. The average Bonchev–Trinajstić information content (AvgIpc) is 2.07. The molecule has 0 N–H and O–H groups in total. The van der Waals surface area contributed by atoms with Crippen LogP contribution in [0.1, 0.15) is 31.7 Å². The minimum atomic E-state index is 0.220. The van der Waals surface area contributed by atoms with Crippen molar-refractivity contribution in [2.24, 2.45) is 0 Å². The van der Waals surface area contributed by atoms with Gasteiger partial charge in [-0.1, -0.05) is 37.3 Å². The molecule has 0 aromatic heterocycles. The van der Waals surface area contributed by atoms with Gasteiger partial charge in [0.05, 0.1) is 0 Å². The summed E-state index contributed by atoms with van der Waals surface area (Å²) in [5.41, 5.74) is 1.35. The zero-order chi connectivity index (χ0) is 8.97. The van der Waals surface area contributed by atoms with Gasteiger partial charge >= 0.3 is 0 Å². The first-order chi connectivity index (χ1) is 5.75. The predicted molar refractivity (Wildman–Crippen MR) is 54.8 cm³/mol. The monoisotopic (exact) mass is 182 g/mol. The van der Waals surface area contributed by atoms with Gasteiger partial charge in [0.15, 0.2) is 0 Å². The number of halogens is 1. The van der Waals surface area contributed by atoms with E-state index in [1.807, 2.05) is 6.07 Å². The molecule has 0 radical (unpaired) electrons. The molecule has 0 nitrogen and oxygen atoms in total. The van der Waals surface area contributed by atoms with E-state index in [4.69, 9.17) is 11.6 Å². The van der Waals surface area contributed by atoms with Crippen molar-refractivity contribution in [3.63, 3.8) is 0 Å². The molecule has 0 bridgehead atoms. The molecule has 0 unspecified atom stereocenters. The maximum absolute atomic E-state index is 6.08. The van der Waals surface area contributed by atoms with Crippen LogP contribution in [0, 0.1) is 0 Å². The minimum Gasteiger partial charge on any atom is -0.123 e. The third kappa shape index (κ3) is 2.25. The molecule has 1 aromatic carbocycles. The van der Waals surface area contributed by atoms with Crippen LogP contribution >= 0.6 is 11.6 Å². The Morgan fingerprint density at radius 2 is 1.83 bits per heavy atom. The van der Waals surface area contributed by atoms with Gasteiger partial charge in [-0.2, -0.15) is 0 Å². The Bertz CT molecular complexity index is 216. The van der Waals surface area contributed by atoms with Crippen molar-refractivity contribution >= 4 is 11.6 Å². The van der Waals surface area contributed by atoms with E-state index < -0.39 is 0 Å². The molecule has 66 valence electrons. The van der Waals surface area contributed by atoms with Crippen molar-refractivity contribution in [3.8, 4) is 0 Å². The Hall–Kier alpha value is -0.490. The van der Waals surface area contributed by atoms with E-state index in [1.165, 1.54) is 5.56 Å². The van der Waals surface area contributed by atoms with Gasteiger partial charge in [0.25, 0.3) is 0 Å². The summed E-state index contributed by atoms with van der Waals surface area (Å²) < 4.78 is 0. The first-order valence-electron chi connectivity index (χ1n) is 4.44. The number of hydrogen-bond acceptors (Lipinski definition) is 0. The lowest BCUT2D eigenvalue weighted by molar-refractivity contribution is 0.649. The van der Waals surface area contributed by atoms with Gasteiger partial charge in [-0.15, -0.1) is 11.6 Å². The maximum Gasteiger partial charge on any atom is 0.0376 e. The number of benzene rings is 1. The summed E-state index contributed by atoms with van der Waals surface area (Å²) in [5.74, 6) is 0.493. The van der Waals surface area contributed by atoms with E-state index in [0.29, 0.717) is 5.92 Å². The first kappa shape index (κ1) is 9.60. The molecule has 1 rings (SSSR count). The fourth-order valence-electron chi connectivity index (χ4n) is 1.53. The molecule has 0 amide bonds. The van der Waals surface area contributed by atoms with Crippen LogP contribution in [0.3, 0.4) is 0 Å². The predicted octanol–water partition coefficient (Wildman–Crippen LogP) is 3.81. The Labute approximate surface area is 79.6 Å². The van der Waals surface area contributed by atoms with E-state index in [2.05, 4.69) is 38.1 Å². The molecular formula is C11H15Cl. The van der Waals surface area contributed by atoms with Gasteiger partial charge in [-0.3, -0.25) is 0 Å². The summed E-state index contributed by atoms with van der Waals surface area (Å²) in [4.78, 5) is 0. The molecule has 1 aromatic rings. The van der Waals surface area contributed by atoms with Crippen LogP contribution in [0.5, 0.6) is 0 Å². The van der Waals surface area contributed by atoms with Crippen LogP contribution in [-0.2, 0) is 0 Å². The highest BCUT2D eigenvalue weighted by Crippen LogP contribution is 2.26. The van der Waals surface area contributed by atoms with Crippen molar-refractivity contribution in [2.45, 2.75) is 31.6 Å². The van der Waals surface area contributed by atoms with Crippen molar-refractivity contribution < 1.29 is 0 Å². The van der Waals surface area contributed by atoms with Crippen molar-refractivity contribution in [3.05, 3.63) is 35.9 Å². The molecule has 2 atom stereocenters. The van der Waals surface area contributed by atoms with E-state index in [0.717, 1.165) is 6.42 Å². The highest BCUT2D eigenvalue weighted by molar-refractivity contribution is 6.20. The summed E-state index contributed by atoms with van der Waals surface area (Å²) in [6.45, 7) is 4.24. The molecule has 1 heteroatoms. The Morgan fingerprint density at radius 3 is 2.25 bits per heavy atom. The van der Waals surface area contributed by atoms with E-state index in [-0.39, 0.29) is 5.38 Å². The van der Waals surface area contributed by atoms with Gasteiger partial charge in [0.1, 0.15) is 0 Å². The summed E-state index contributed by atoms with van der Waals surface area (Å²) in [6, 6.07) is 10.5. The van der Waals surface area contributed by atoms with Crippen LogP contribution in [0.25, 0.3) is 0 Å². The standard InChI is InChI=1S/C11H15Cl/c1-3-11(9(2)12)10-7-5-4-6-8-10/h4-9,11H,3H2,1-2H3/t9-,11-/m0/s1. The summed E-state index contributed by atoms with van der Waals surface area (Å²) in [7, 11) is 0. The smallest absolute Gasteiger partial charge is 0.0376 e. The van der Waals surface area contributed by atoms with E-state index in [1.54, 1.807) is 0 Å². The molecule has 0 saturated carbocycles. The zero-order valence-corrected chi connectivity index (χ0v) is 8.38. The minimum absolute atomic E-state index is 0.220. The largest absolute Gasteiger partial charge is 0.123 e. The molecule has 0 aliphatic heterocycles. The lowest BCUT2D eigenvalue weighted by Crippen LogP contribution is -2.07. The van der Waals surface area contributed by atoms with Crippen LogP contribution in [0.2, 0.25) is 0 Å². The summed E-state index contributed by atoms with van der Waals surface area (Å²) in [5, 5.41) is 0.220. The highest BCUT2D eigenvalue weighted by atomic mass is 35.5. The van der Waals surface area contributed by atoms with Crippen LogP contribution < -0.4 is 0 Å². The van der Waals surface area contributed by atoms with Crippen molar-refractivity contribution in [1.29, 1.82) is 0 Å². The molecule has 0 heterocycles. The van der Waals surface area contributed by atoms with Crippen molar-refractivity contribution in [1.82, 2.24) is 0 Å². The van der Waals surface area contributed by atoms with Crippen LogP contribution in [-0.4, -0.2) is 5.38 Å². The Balaban J connectivity index is 2.80. The molecule has 0 saturated heterocycles. The van der Waals surface area contributed by atoms with Gasteiger partial charge in [-0.05, 0) is 24.8 Å². The summed E-state index contributed by atoms with van der Waals surface area (Å²) >= 11 is 6.08. The normalized spacial score (nSPS) is 15.6. The number of hydrogen-bond donors (Lipinski definition) is 0. The third-order valence-electron chi connectivity index (χ3n) is 2.22. The van der Waals surface area contributed by atoms with Crippen molar-refractivity contribution in [2.75, 3.05) is 0 Å². The van der Waals surface area contributed by atoms with Gasteiger partial charge in [-0.25, -0.2) is 0 Å². The van der Waals surface area contributed by atoms with Crippen LogP contribution in [0.4, 0.5) is 0 Å². The van der Waals surface area contributed by atoms with E-state index in [9.17, 15) is 0 Å². The van der Waals surface area contributed by atoms with Gasteiger partial charge < -0.3 is 0 Å². The lowest BCUT2D eigenvalue weighted by atomic mass is 9.94. The third-order valence-corrected chi connectivity index (χ3v) is 2.53. The second kappa shape index (κ2) is 4.51. The Morgan fingerprint density at radius 1 is 1.25 bits per heavy atom. The fraction of sp³-hybridized carbons (Fsp3) is 0.455. The highest BCUT2D eigenvalue weighted by Gasteiger charge is 2.13. The molecular weight excluding hydrogens is 168 g/mol. The first-order valence-corrected chi connectivity index (χ1v) is 4.88. The fourth-order valence-corrected chi connectivity index (χ4v) is 1.85. The lowest BCUT2D eigenvalue weighted by Gasteiger charge is -2.17. The SMILES string of the molecule is CC[C@H](c1ccccc1)[C@H](C)Cl.